The van der Waals surface area contributed by atoms with Crippen LogP contribution in [0.5, 0.6) is 0 Å². The van der Waals surface area contributed by atoms with Crippen LogP contribution in [0.1, 0.15) is 10.4 Å². The Hall–Kier alpha value is -1.20. The van der Waals surface area contributed by atoms with Gasteiger partial charge in [0.15, 0.2) is 0 Å². The number of carbonyl (C=O) groups is 1. The smallest absolute Gasteiger partial charge is 0.267 e. The number of carbonyl (C=O) groups excluding carboxylic acids is 1. The lowest BCUT2D eigenvalue weighted by Crippen LogP contribution is -2.30. The van der Waals surface area contributed by atoms with E-state index >= 15 is 0 Å². The number of benzene rings is 1. The van der Waals surface area contributed by atoms with Gasteiger partial charge in [-0.15, -0.1) is 12.6 Å². The van der Waals surface area contributed by atoms with Gasteiger partial charge in [-0.2, -0.15) is 0 Å². The van der Waals surface area contributed by atoms with E-state index in [9.17, 15) is 4.79 Å². The highest BCUT2D eigenvalue weighted by Crippen LogP contribution is 2.16. The Kier molecular flexibility index (Phi) is 2.57. The molecule has 64 valence electrons. The number of nitrogens with two attached hydrogens (primary N) is 2. The summed E-state index contributed by atoms with van der Waals surface area (Å²) in [7, 11) is 0. The maximum absolute atomic E-state index is 11.0. The van der Waals surface area contributed by atoms with E-state index in [1.54, 1.807) is 18.2 Å². The Morgan fingerprint density at radius 1 is 1.50 bits per heavy atom. The summed E-state index contributed by atoms with van der Waals surface area (Å²) in [6.07, 6.45) is 0. The molecule has 0 saturated heterocycles. The highest BCUT2D eigenvalue weighted by atomic mass is 32.1. The predicted molar refractivity (Wildman–Crippen MR) is 49.8 cm³/mol. The molecule has 1 amide bonds. The molecule has 0 aromatic heterocycles. The first-order chi connectivity index (χ1) is 5.65. The van der Waals surface area contributed by atoms with Crippen molar-refractivity contribution in [2.24, 2.45) is 5.84 Å². The SMILES string of the molecule is NNC(=O)c1ccc(S)cc1N. The largest absolute Gasteiger partial charge is 0.398 e. The van der Waals surface area contributed by atoms with Crippen LogP contribution in [0.2, 0.25) is 0 Å². The highest BCUT2D eigenvalue weighted by molar-refractivity contribution is 7.80. The second-order valence-electron chi connectivity index (χ2n) is 2.25. The lowest BCUT2D eigenvalue weighted by Gasteiger charge is -2.03. The standard InChI is InChI=1S/C7H9N3OS/c8-6-3-4(12)1-2-5(6)7(11)10-9/h1-3,12H,8-9H2,(H,10,11). The molecule has 0 saturated carbocycles. The molecule has 0 aliphatic rings. The van der Waals surface area contributed by atoms with Crippen molar-refractivity contribution in [2.75, 3.05) is 5.73 Å². The molecular formula is C7H9N3OS. The number of nitrogens with one attached hydrogen (secondary N) is 1. The minimum atomic E-state index is -0.402. The molecule has 0 spiro atoms. The van der Waals surface area contributed by atoms with E-state index in [1.165, 1.54) is 0 Å². The molecular weight excluding hydrogens is 174 g/mol. The maximum Gasteiger partial charge on any atom is 0.267 e. The number of hydrogen-bond donors (Lipinski definition) is 4. The molecule has 0 heterocycles. The van der Waals surface area contributed by atoms with Gasteiger partial charge in [0.05, 0.1) is 5.56 Å². The van der Waals surface area contributed by atoms with Gasteiger partial charge in [-0.25, -0.2) is 5.84 Å². The number of hydrogen-bond acceptors (Lipinski definition) is 4. The third-order valence-electron chi connectivity index (χ3n) is 1.41. The van der Waals surface area contributed by atoms with Crippen molar-refractivity contribution in [3.8, 4) is 0 Å². The zero-order valence-electron chi connectivity index (χ0n) is 6.24. The zero-order valence-corrected chi connectivity index (χ0v) is 7.14. The molecule has 1 aromatic rings. The monoisotopic (exact) mass is 183 g/mol. The Morgan fingerprint density at radius 3 is 2.67 bits per heavy atom. The Labute approximate surface area is 75.3 Å². The molecule has 1 aromatic carbocycles. The second-order valence-corrected chi connectivity index (χ2v) is 2.76. The molecule has 0 atom stereocenters. The lowest BCUT2D eigenvalue weighted by atomic mass is 10.2. The predicted octanol–water partition coefficient (Wildman–Crippen LogP) is 0.161. The van der Waals surface area contributed by atoms with Crippen LogP contribution in [0.15, 0.2) is 23.1 Å². The fraction of sp³-hybridized carbons (Fsp3) is 0. The van der Waals surface area contributed by atoms with Crippen LogP contribution in [0.4, 0.5) is 5.69 Å². The molecule has 5 N–H and O–H groups in total. The summed E-state index contributed by atoms with van der Waals surface area (Å²) in [6.45, 7) is 0. The molecule has 0 bridgehead atoms. The minimum Gasteiger partial charge on any atom is -0.398 e. The van der Waals surface area contributed by atoms with E-state index in [0.29, 0.717) is 16.1 Å². The van der Waals surface area contributed by atoms with Gasteiger partial charge in [0, 0.05) is 10.6 Å². The van der Waals surface area contributed by atoms with Gasteiger partial charge in [0.1, 0.15) is 0 Å². The molecule has 0 radical (unpaired) electrons. The van der Waals surface area contributed by atoms with Gasteiger partial charge < -0.3 is 5.73 Å². The average molecular weight is 183 g/mol. The van der Waals surface area contributed by atoms with E-state index < -0.39 is 5.91 Å². The van der Waals surface area contributed by atoms with Gasteiger partial charge in [0.2, 0.25) is 0 Å². The summed E-state index contributed by atoms with van der Waals surface area (Å²) < 4.78 is 0. The summed E-state index contributed by atoms with van der Waals surface area (Å²) in [5.41, 5.74) is 8.25. The minimum absolute atomic E-state index is 0.357. The number of hydrazine groups is 1. The van der Waals surface area contributed by atoms with Crippen LogP contribution in [0.25, 0.3) is 0 Å². The number of nitrogen functional groups attached to an aromatic ring is 2. The van der Waals surface area contributed by atoms with E-state index in [-0.39, 0.29) is 0 Å². The molecule has 0 fully saturated rings. The van der Waals surface area contributed by atoms with Crippen LogP contribution >= 0.6 is 12.6 Å². The number of amides is 1. The molecule has 12 heavy (non-hydrogen) atoms. The van der Waals surface area contributed by atoms with Gasteiger partial charge in [-0.1, -0.05) is 0 Å². The number of thiol groups is 1. The Bertz CT molecular complexity index is 314. The van der Waals surface area contributed by atoms with Gasteiger partial charge in [-0.05, 0) is 18.2 Å². The third kappa shape index (κ3) is 1.69. The van der Waals surface area contributed by atoms with Crippen molar-refractivity contribution in [3.63, 3.8) is 0 Å². The third-order valence-corrected chi connectivity index (χ3v) is 1.69. The lowest BCUT2D eigenvalue weighted by molar-refractivity contribution is 0.0954. The molecule has 1 rings (SSSR count). The second kappa shape index (κ2) is 3.46. The van der Waals surface area contributed by atoms with Crippen LogP contribution < -0.4 is 17.0 Å². The molecule has 0 aliphatic carbocycles. The average Bonchev–Trinajstić information content (AvgIpc) is 2.03. The van der Waals surface area contributed by atoms with Crippen molar-refractivity contribution in [2.45, 2.75) is 4.90 Å². The summed E-state index contributed by atoms with van der Waals surface area (Å²) >= 11 is 4.06. The van der Waals surface area contributed by atoms with Crippen LogP contribution in [0.3, 0.4) is 0 Å². The quantitative estimate of drug-likeness (QED) is 0.165. The van der Waals surface area contributed by atoms with Gasteiger partial charge in [-0.3, -0.25) is 10.2 Å². The first-order valence-corrected chi connectivity index (χ1v) is 3.69. The number of rotatable bonds is 1. The fourth-order valence-corrected chi connectivity index (χ4v) is 1.05. The fourth-order valence-electron chi connectivity index (χ4n) is 0.835. The molecule has 5 heteroatoms. The van der Waals surface area contributed by atoms with Crippen LogP contribution in [-0.2, 0) is 0 Å². The van der Waals surface area contributed by atoms with Crippen molar-refractivity contribution in [3.05, 3.63) is 23.8 Å². The topological polar surface area (TPSA) is 81.1 Å². The Morgan fingerprint density at radius 2 is 2.17 bits per heavy atom. The maximum atomic E-state index is 11.0. The summed E-state index contributed by atoms with van der Waals surface area (Å²) in [5.74, 6) is 4.53. The van der Waals surface area contributed by atoms with Crippen molar-refractivity contribution in [1.29, 1.82) is 0 Å². The molecule has 0 unspecified atom stereocenters. The summed E-state index contributed by atoms with van der Waals surface area (Å²) in [4.78, 5) is 11.7. The van der Waals surface area contributed by atoms with Crippen molar-refractivity contribution in [1.82, 2.24) is 5.43 Å². The zero-order chi connectivity index (χ0) is 9.14. The first kappa shape index (κ1) is 8.89. The van der Waals surface area contributed by atoms with Crippen molar-refractivity contribution < 1.29 is 4.79 Å². The Balaban J connectivity index is 3.09. The van der Waals surface area contributed by atoms with E-state index in [1.807, 2.05) is 5.43 Å². The van der Waals surface area contributed by atoms with Gasteiger partial charge in [0.25, 0.3) is 5.91 Å². The van der Waals surface area contributed by atoms with E-state index in [4.69, 9.17) is 11.6 Å². The van der Waals surface area contributed by atoms with Gasteiger partial charge >= 0.3 is 0 Å². The van der Waals surface area contributed by atoms with E-state index in [0.717, 1.165) is 0 Å². The van der Waals surface area contributed by atoms with E-state index in [2.05, 4.69) is 12.6 Å². The molecule has 4 nitrogen and oxygen atoms in total. The first-order valence-electron chi connectivity index (χ1n) is 3.24. The molecule has 0 aliphatic heterocycles. The van der Waals surface area contributed by atoms with Crippen LogP contribution in [0, 0.1) is 0 Å². The normalized spacial score (nSPS) is 9.50. The summed E-state index contributed by atoms with van der Waals surface area (Å²) in [5, 5.41) is 0. The summed E-state index contributed by atoms with van der Waals surface area (Å²) in [6, 6.07) is 4.83. The van der Waals surface area contributed by atoms with Crippen molar-refractivity contribution >= 4 is 24.2 Å². The number of anilines is 1. The highest BCUT2D eigenvalue weighted by Gasteiger charge is 2.06. The van der Waals surface area contributed by atoms with Crippen LogP contribution in [-0.4, -0.2) is 5.91 Å².